The summed E-state index contributed by atoms with van der Waals surface area (Å²) in [4.78, 5) is 24.2. The van der Waals surface area contributed by atoms with Crippen molar-refractivity contribution < 1.29 is 23.4 Å². The van der Waals surface area contributed by atoms with Gasteiger partial charge >= 0.3 is 5.97 Å². The minimum Gasteiger partial charge on any atom is -0.506 e. The fourth-order valence-corrected chi connectivity index (χ4v) is 4.98. The molecule has 0 amide bonds. The van der Waals surface area contributed by atoms with E-state index in [2.05, 4.69) is 9.71 Å². The molecule has 0 spiro atoms. The number of amidine groups is 1. The largest absolute Gasteiger partial charge is 0.506 e. The van der Waals surface area contributed by atoms with Crippen molar-refractivity contribution in [2.24, 2.45) is 10.3 Å². The average Bonchev–Trinajstić information content (AvgIpc) is 2.73. The van der Waals surface area contributed by atoms with E-state index in [9.17, 15) is 23.1 Å². The number of benzene rings is 2. The number of carbonyl (C=O) groups is 1. The Kier molecular flexibility index (Phi) is 5.71. The number of anilines is 1. The maximum Gasteiger partial charge on any atom is 0.307 e. The first-order valence-electron chi connectivity index (χ1n) is 10.4. The second-order valence-corrected chi connectivity index (χ2v) is 9.89. The van der Waals surface area contributed by atoms with E-state index in [1.165, 1.54) is 22.8 Å². The van der Waals surface area contributed by atoms with E-state index in [0.717, 1.165) is 0 Å². The summed E-state index contributed by atoms with van der Waals surface area (Å²) >= 11 is 0. The van der Waals surface area contributed by atoms with Crippen LogP contribution >= 0.6 is 0 Å². The number of aliphatic carboxylic acids is 1. The van der Waals surface area contributed by atoms with Crippen LogP contribution in [0.2, 0.25) is 0 Å². The molecule has 172 valence electrons. The topological polar surface area (TPSA) is 138 Å². The zero-order valence-corrected chi connectivity index (χ0v) is 18.9. The van der Waals surface area contributed by atoms with E-state index < -0.39 is 21.6 Å². The number of hydrogen-bond donors (Lipinski definition) is 3. The van der Waals surface area contributed by atoms with Crippen molar-refractivity contribution in [1.82, 2.24) is 4.57 Å². The molecule has 0 bridgehead atoms. The van der Waals surface area contributed by atoms with Crippen molar-refractivity contribution in [1.29, 1.82) is 0 Å². The second-order valence-electron chi connectivity index (χ2n) is 8.32. The van der Waals surface area contributed by atoms with Crippen molar-refractivity contribution >= 4 is 38.4 Å². The molecule has 0 atom stereocenters. The van der Waals surface area contributed by atoms with Crippen molar-refractivity contribution in [3.05, 3.63) is 63.9 Å². The van der Waals surface area contributed by atoms with Crippen LogP contribution in [0.5, 0.6) is 5.75 Å². The van der Waals surface area contributed by atoms with Gasteiger partial charge in [0.1, 0.15) is 16.2 Å². The molecule has 3 N–H and O–H groups in total. The SMILES string of the molecule is CC(C)CCn1c(=O)c(C2=NS(=O)(=O)c3cc(CC(=O)O)ccc3N2)c(O)c2ccccc21. The monoisotopic (exact) mass is 469 g/mol. The number of aryl methyl sites for hydroxylation is 1. The van der Waals surface area contributed by atoms with Gasteiger partial charge in [-0.25, -0.2) is 0 Å². The average molecular weight is 470 g/mol. The number of sulfonamides is 1. The van der Waals surface area contributed by atoms with Gasteiger partial charge in [0.05, 0.1) is 17.6 Å². The van der Waals surface area contributed by atoms with Crippen LogP contribution in [0.3, 0.4) is 0 Å². The molecule has 0 radical (unpaired) electrons. The lowest BCUT2D eigenvalue weighted by atomic mass is 10.1. The number of aromatic nitrogens is 1. The molecular weight excluding hydrogens is 446 g/mol. The summed E-state index contributed by atoms with van der Waals surface area (Å²) in [7, 11) is -4.25. The number of nitrogens with one attached hydrogen (secondary N) is 1. The highest BCUT2D eigenvalue weighted by Gasteiger charge is 2.30. The maximum atomic E-state index is 13.4. The van der Waals surface area contributed by atoms with Crippen LogP contribution in [0, 0.1) is 5.92 Å². The van der Waals surface area contributed by atoms with Gasteiger partial charge in [-0.15, -0.1) is 4.40 Å². The first-order valence-corrected chi connectivity index (χ1v) is 11.8. The van der Waals surface area contributed by atoms with Crippen molar-refractivity contribution in [2.45, 2.75) is 38.1 Å². The first kappa shape index (κ1) is 22.5. The van der Waals surface area contributed by atoms with Crippen LogP contribution in [-0.2, 0) is 27.8 Å². The minimum atomic E-state index is -4.25. The number of carboxylic acids is 1. The highest BCUT2D eigenvalue weighted by Crippen LogP contribution is 2.33. The van der Waals surface area contributed by atoms with E-state index in [1.807, 2.05) is 13.8 Å². The molecular formula is C23H23N3O6S. The Morgan fingerprint density at radius 1 is 1.18 bits per heavy atom. The standard InChI is InChI=1S/C23H23N3O6S/c1-13(2)9-10-26-17-6-4-3-5-15(17)21(29)20(23(26)30)22-24-16-8-7-14(12-19(27)28)11-18(16)33(31,32)25-22/h3-8,11,13,29H,9-10,12H2,1-2H3,(H,24,25)(H,27,28). The van der Waals surface area contributed by atoms with Gasteiger partial charge in [0.25, 0.3) is 15.6 Å². The van der Waals surface area contributed by atoms with E-state index in [-0.39, 0.29) is 34.2 Å². The van der Waals surface area contributed by atoms with Crippen LogP contribution in [0.1, 0.15) is 31.4 Å². The first-order chi connectivity index (χ1) is 15.6. The molecule has 0 saturated heterocycles. The number of hydrogen-bond acceptors (Lipinski definition) is 6. The number of para-hydroxylation sites is 1. The molecule has 0 unspecified atom stereocenters. The molecule has 2 heterocycles. The third-order valence-corrected chi connectivity index (χ3v) is 6.77. The van der Waals surface area contributed by atoms with E-state index in [1.54, 1.807) is 24.3 Å². The third kappa shape index (κ3) is 4.21. The summed E-state index contributed by atoms with van der Waals surface area (Å²) in [6.45, 7) is 4.45. The molecule has 4 rings (SSSR count). The van der Waals surface area contributed by atoms with E-state index >= 15 is 0 Å². The fraction of sp³-hybridized carbons (Fsp3) is 0.261. The quantitative estimate of drug-likeness (QED) is 0.504. The lowest BCUT2D eigenvalue weighted by Crippen LogP contribution is -2.33. The Bertz CT molecular complexity index is 1470. The Morgan fingerprint density at radius 2 is 1.91 bits per heavy atom. The number of nitrogens with zero attached hydrogens (tertiary/aromatic N) is 2. The van der Waals surface area contributed by atoms with Crippen molar-refractivity contribution in [3.63, 3.8) is 0 Å². The molecule has 1 aromatic heterocycles. The van der Waals surface area contributed by atoms with E-state index in [0.29, 0.717) is 35.3 Å². The second kappa shape index (κ2) is 8.36. The Hall–Kier alpha value is -3.66. The minimum absolute atomic E-state index is 0.148. The lowest BCUT2D eigenvalue weighted by molar-refractivity contribution is -0.136. The van der Waals surface area contributed by atoms with Gasteiger partial charge in [-0.05, 0) is 42.2 Å². The third-order valence-electron chi connectivity index (χ3n) is 5.46. The van der Waals surface area contributed by atoms with Gasteiger partial charge in [-0.3, -0.25) is 9.59 Å². The van der Waals surface area contributed by atoms with Crippen LogP contribution < -0.4 is 10.9 Å². The van der Waals surface area contributed by atoms with Crippen LogP contribution in [-0.4, -0.2) is 35.0 Å². The molecule has 9 nitrogen and oxygen atoms in total. The van der Waals surface area contributed by atoms with Crippen molar-refractivity contribution in [2.75, 3.05) is 5.32 Å². The Morgan fingerprint density at radius 3 is 2.61 bits per heavy atom. The van der Waals surface area contributed by atoms with Gasteiger partial charge in [-0.1, -0.05) is 32.0 Å². The highest BCUT2D eigenvalue weighted by atomic mass is 32.2. The molecule has 0 aliphatic carbocycles. The molecule has 2 aromatic carbocycles. The summed E-state index contributed by atoms with van der Waals surface area (Å²) in [5.41, 5.74) is 0.201. The molecule has 3 aromatic rings. The lowest BCUT2D eigenvalue weighted by Gasteiger charge is -2.21. The zero-order chi connectivity index (χ0) is 23.9. The predicted octanol–water partition coefficient (Wildman–Crippen LogP) is 2.94. The fourth-order valence-electron chi connectivity index (χ4n) is 3.81. The highest BCUT2D eigenvalue weighted by molar-refractivity contribution is 7.90. The number of rotatable bonds is 6. The zero-order valence-electron chi connectivity index (χ0n) is 18.1. The van der Waals surface area contributed by atoms with Gasteiger partial charge < -0.3 is 20.1 Å². The molecule has 1 aliphatic rings. The Labute approximate surface area is 190 Å². The molecule has 0 fully saturated rings. The van der Waals surface area contributed by atoms with Gasteiger partial charge in [0.15, 0.2) is 5.84 Å². The summed E-state index contributed by atoms with van der Waals surface area (Å²) < 4.78 is 31.1. The summed E-state index contributed by atoms with van der Waals surface area (Å²) in [6.07, 6.45) is 0.368. The number of aromatic hydroxyl groups is 1. The van der Waals surface area contributed by atoms with Crippen molar-refractivity contribution in [3.8, 4) is 5.75 Å². The predicted molar refractivity (Wildman–Crippen MR) is 124 cm³/mol. The summed E-state index contributed by atoms with van der Waals surface area (Å²) in [6, 6.07) is 11.0. The van der Waals surface area contributed by atoms with Gasteiger partial charge in [0, 0.05) is 11.9 Å². The maximum absolute atomic E-state index is 13.4. The number of carboxylic acid groups (broad SMARTS) is 1. The Balaban J connectivity index is 1.90. The molecule has 1 aliphatic heterocycles. The normalized spacial score (nSPS) is 14.6. The smallest absolute Gasteiger partial charge is 0.307 e. The van der Waals surface area contributed by atoms with Crippen LogP contribution in [0.4, 0.5) is 5.69 Å². The molecule has 0 saturated carbocycles. The summed E-state index contributed by atoms with van der Waals surface area (Å²) in [5, 5.41) is 23.2. The van der Waals surface area contributed by atoms with Gasteiger partial charge in [0.2, 0.25) is 0 Å². The van der Waals surface area contributed by atoms with E-state index in [4.69, 9.17) is 5.11 Å². The molecule has 10 heteroatoms. The van der Waals surface area contributed by atoms with Gasteiger partial charge in [-0.2, -0.15) is 8.42 Å². The van der Waals surface area contributed by atoms with Crippen LogP contribution in [0.15, 0.2) is 56.6 Å². The summed E-state index contributed by atoms with van der Waals surface area (Å²) in [5.74, 6) is -1.41. The number of fused-ring (bicyclic) bond motifs is 2. The molecule has 33 heavy (non-hydrogen) atoms. The number of pyridine rings is 1. The van der Waals surface area contributed by atoms with Crippen LogP contribution in [0.25, 0.3) is 10.9 Å².